The molecule has 7 nitrogen and oxygen atoms in total. The summed E-state index contributed by atoms with van der Waals surface area (Å²) in [6.45, 7) is 2.61. The standard InChI is InChI=1S/C14H12N4O3/c1-9-2-4-10(5-3-9)8-15-11-6-7-12(18(19)20)14-13(11)16-21-17-14/h2-7,15H,8H2,1H3. The quantitative estimate of drug-likeness (QED) is 0.584. The third kappa shape index (κ3) is 2.53. The maximum absolute atomic E-state index is 10.9. The lowest BCUT2D eigenvalue weighted by Gasteiger charge is -2.06. The molecule has 0 bridgehead atoms. The Morgan fingerprint density at radius 3 is 2.57 bits per heavy atom. The summed E-state index contributed by atoms with van der Waals surface area (Å²) in [6, 6.07) is 11.1. The average Bonchev–Trinajstić information content (AvgIpc) is 2.95. The van der Waals surface area contributed by atoms with Crippen LogP contribution in [0.4, 0.5) is 11.4 Å². The van der Waals surface area contributed by atoms with Crippen LogP contribution in [-0.2, 0) is 6.54 Å². The Labute approximate surface area is 119 Å². The summed E-state index contributed by atoms with van der Waals surface area (Å²) in [5.41, 5.74) is 3.33. The Morgan fingerprint density at radius 2 is 1.86 bits per heavy atom. The number of nitro benzene ring substituents is 1. The molecule has 0 saturated heterocycles. The molecular formula is C14H12N4O3. The number of non-ortho nitro benzene ring substituents is 1. The van der Waals surface area contributed by atoms with Crippen LogP contribution in [0, 0.1) is 17.0 Å². The fourth-order valence-corrected chi connectivity index (χ4v) is 2.05. The molecule has 1 N–H and O–H groups in total. The molecule has 0 aliphatic carbocycles. The predicted octanol–water partition coefficient (Wildman–Crippen LogP) is 3.05. The maximum atomic E-state index is 10.9. The molecular weight excluding hydrogens is 272 g/mol. The fourth-order valence-electron chi connectivity index (χ4n) is 2.05. The number of hydrogen-bond acceptors (Lipinski definition) is 6. The first kappa shape index (κ1) is 13.0. The summed E-state index contributed by atoms with van der Waals surface area (Å²) >= 11 is 0. The van der Waals surface area contributed by atoms with Gasteiger partial charge >= 0.3 is 5.69 Å². The van der Waals surface area contributed by atoms with E-state index in [4.69, 9.17) is 0 Å². The lowest BCUT2D eigenvalue weighted by Crippen LogP contribution is -2.01. The molecule has 106 valence electrons. The summed E-state index contributed by atoms with van der Waals surface area (Å²) < 4.78 is 4.62. The molecule has 1 heterocycles. The van der Waals surface area contributed by atoms with Gasteiger partial charge in [-0.1, -0.05) is 29.8 Å². The second-order valence-corrected chi connectivity index (χ2v) is 4.69. The van der Waals surface area contributed by atoms with Gasteiger partial charge in [-0.2, -0.15) is 0 Å². The largest absolute Gasteiger partial charge is 0.379 e. The minimum atomic E-state index is -0.504. The third-order valence-corrected chi connectivity index (χ3v) is 3.19. The summed E-state index contributed by atoms with van der Waals surface area (Å²) in [7, 11) is 0. The zero-order chi connectivity index (χ0) is 14.8. The number of benzene rings is 2. The lowest BCUT2D eigenvalue weighted by molar-refractivity contribution is -0.383. The first-order valence-electron chi connectivity index (χ1n) is 6.34. The van der Waals surface area contributed by atoms with E-state index in [2.05, 4.69) is 20.3 Å². The molecule has 7 heteroatoms. The van der Waals surface area contributed by atoms with Gasteiger partial charge in [0.05, 0.1) is 10.6 Å². The zero-order valence-electron chi connectivity index (χ0n) is 11.2. The molecule has 0 radical (unpaired) electrons. The number of nitrogens with zero attached hydrogens (tertiary/aromatic N) is 3. The Bertz CT molecular complexity index is 796. The van der Waals surface area contributed by atoms with Crippen LogP contribution in [0.5, 0.6) is 0 Å². The highest BCUT2D eigenvalue weighted by Crippen LogP contribution is 2.28. The molecule has 21 heavy (non-hydrogen) atoms. The van der Waals surface area contributed by atoms with E-state index in [1.165, 1.54) is 11.6 Å². The molecule has 2 aromatic carbocycles. The second kappa shape index (κ2) is 5.20. The Morgan fingerprint density at radius 1 is 1.14 bits per heavy atom. The maximum Gasteiger partial charge on any atom is 0.300 e. The summed E-state index contributed by atoms with van der Waals surface area (Å²) in [6.07, 6.45) is 0. The number of nitro groups is 1. The summed E-state index contributed by atoms with van der Waals surface area (Å²) in [4.78, 5) is 10.4. The van der Waals surface area contributed by atoms with Crippen molar-refractivity contribution < 1.29 is 9.55 Å². The van der Waals surface area contributed by atoms with Gasteiger partial charge in [0.2, 0.25) is 5.52 Å². The highest BCUT2D eigenvalue weighted by Gasteiger charge is 2.19. The number of aryl methyl sites for hydroxylation is 1. The molecule has 0 atom stereocenters. The zero-order valence-corrected chi connectivity index (χ0v) is 11.2. The highest BCUT2D eigenvalue weighted by molar-refractivity contribution is 5.93. The number of aromatic nitrogens is 2. The van der Waals surface area contributed by atoms with Crippen LogP contribution in [0.1, 0.15) is 11.1 Å². The van der Waals surface area contributed by atoms with Gasteiger partial charge in [0.1, 0.15) is 0 Å². The third-order valence-electron chi connectivity index (χ3n) is 3.19. The lowest BCUT2D eigenvalue weighted by atomic mass is 10.1. The monoisotopic (exact) mass is 284 g/mol. The molecule has 0 amide bonds. The first-order chi connectivity index (χ1) is 10.1. The van der Waals surface area contributed by atoms with Crippen molar-refractivity contribution in [1.82, 2.24) is 10.3 Å². The number of hydrogen-bond donors (Lipinski definition) is 1. The van der Waals surface area contributed by atoms with Crippen LogP contribution < -0.4 is 5.32 Å². The average molecular weight is 284 g/mol. The van der Waals surface area contributed by atoms with Gasteiger partial charge in [-0.05, 0) is 28.9 Å². The van der Waals surface area contributed by atoms with Crippen LogP contribution in [-0.4, -0.2) is 15.2 Å². The van der Waals surface area contributed by atoms with E-state index in [1.807, 2.05) is 31.2 Å². The topological polar surface area (TPSA) is 94.1 Å². The molecule has 0 unspecified atom stereocenters. The molecule has 0 aliphatic rings. The van der Waals surface area contributed by atoms with Crippen molar-refractivity contribution in [3.8, 4) is 0 Å². The Kier molecular flexibility index (Phi) is 3.23. The molecule has 3 aromatic rings. The van der Waals surface area contributed by atoms with Gasteiger partial charge < -0.3 is 5.32 Å². The Balaban J connectivity index is 1.88. The fraction of sp³-hybridized carbons (Fsp3) is 0.143. The van der Waals surface area contributed by atoms with Crippen molar-refractivity contribution in [3.05, 3.63) is 57.6 Å². The molecule has 0 aliphatic heterocycles. The van der Waals surface area contributed by atoms with Gasteiger partial charge in [-0.15, -0.1) is 0 Å². The smallest absolute Gasteiger partial charge is 0.300 e. The first-order valence-corrected chi connectivity index (χ1v) is 6.34. The molecule has 0 saturated carbocycles. The van der Waals surface area contributed by atoms with E-state index in [1.54, 1.807) is 6.07 Å². The van der Waals surface area contributed by atoms with Crippen LogP contribution in [0.15, 0.2) is 41.0 Å². The van der Waals surface area contributed by atoms with Gasteiger partial charge in [0, 0.05) is 12.6 Å². The minimum Gasteiger partial charge on any atom is -0.379 e. The van der Waals surface area contributed by atoms with E-state index < -0.39 is 4.92 Å². The molecule has 3 rings (SSSR count). The number of fused-ring (bicyclic) bond motifs is 1. The van der Waals surface area contributed by atoms with Gasteiger partial charge in [-0.3, -0.25) is 10.1 Å². The second-order valence-electron chi connectivity index (χ2n) is 4.69. The van der Waals surface area contributed by atoms with Crippen molar-refractivity contribution in [1.29, 1.82) is 0 Å². The van der Waals surface area contributed by atoms with E-state index in [0.717, 1.165) is 5.56 Å². The van der Waals surface area contributed by atoms with Crippen LogP contribution in [0.2, 0.25) is 0 Å². The molecule has 0 fully saturated rings. The van der Waals surface area contributed by atoms with Gasteiger partial charge in [0.15, 0.2) is 5.52 Å². The molecule has 0 spiro atoms. The summed E-state index contributed by atoms with van der Waals surface area (Å²) in [5.74, 6) is 0. The number of anilines is 1. The highest BCUT2D eigenvalue weighted by atomic mass is 16.6. The van der Waals surface area contributed by atoms with Crippen molar-refractivity contribution in [2.24, 2.45) is 0 Å². The molecule has 1 aromatic heterocycles. The predicted molar refractivity (Wildman–Crippen MR) is 77.0 cm³/mol. The van der Waals surface area contributed by atoms with E-state index >= 15 is 0 Å². The van der Waals surface area contributed by atoms with E-state index in [0.29, 0.717) is 17.7 Å². The van der Waals surface area contributed by atoms with Crippen molar-refractivity contribution >= 4 is 22.4 Å². The van der Waals surface area contributed by atoms with Crippen molar-refractivity contribution in [2.45, 2.75) is 13.5 Å². The Hall–Kier alpha value is -2.96. The van der Waals surface area contributed by atoms with E-state index in [-0.39, 0.29) is 11.2 Å². The minimum absolute atomic E-state index is 0.118. The van der Waals surface area contributed by atoms with Crippen LogP contribution in [0.25, 0.3) is 11.0 Å². The van der Waals surface area contributed by atoms with Crippen molar-refractivity contribution in [2.75, 3.05) is 5.32 Å². The van der Waals surface area contributed by atoms with Gasteiger partial charge in [-0.25, -0.2) is 4.63 Å². The number of rotatable bonds is 4. The normalized spacial score (nSPS) is 10.7. The summed E-state index contributed by atoms with van der Waals surface area (Å²) in [5, 5.41) is 21.4. The number of nitrogens with one attached hydrogen (secondary N) is 1. The van der Waals surface area contributed by atoms with Crippen LogP contribution in [0.3, 0.4) is 0 Å². The van der Waals surface area contributed by atoms with Crippen LogP contribution >= 0.6 is 0 Å². The SMILES string of the molecule is Cc1ccc(CNc2ccc([N+](=O)[O-])c3nonc23)cc1. The van der Waals surface area contributed by atoms with Crippen molar-refractivity contribution in [3.63, 3.8) is 0 Å². The van der Waals surface area contributed by atoms with Gasteiger partial charge in [0.25, 0.3) is 0 Å². The van der Waals surface area contributed by atoms with E-state index in [9.17, 15) is 10.1 Å².